The van der Waals surface area contributed by atoms with Gasteiger partial charge in [-0.15, -0.1) is 0 Å². The average Bonchev–Trinajstić information content (AvgIpc) is 2.61. The summed E-state index contributed by atoms with van der Waals surface area (Å²) in [6.07, 6.45) is 2.92. The van der Waals surface area contributed by atoms with E-state index in [-0.39, 0.29) is 24.3 Å². The van der Waals surface area contributed by atoms with Crippen molar-refractivity contribution in [3.63, 3.8) is 0 Å². The van der Waals surface area contributed by atoms with E-state index in [2.05, 4.69) is 16.7 Å². The first-order valence-electron chi connectivity index (χ1n) is 8.16. The quantitative estimate of drug-likeness (QED) is 0.893. The van der Waals surface area contributed by atoms with Gasteiger partial charge in [0.25, 0.3) is 5.91 Å². The van der Waals surface area contributed by atoms with E-state index in [0.29, 0.717) is 17.1 Å². The Morgan fingerprint density at radius 2 is 2.08 bits per heavy atom. The van der Waals surface area contributed by atoms with Crippen molar-refractivity contribution >= 4 is 23.2 Å². The summed E-state index contributed by atoms with van der Waals surface area (Å²) in [6, 6.07) is 13.4. The number of carbonyl (C=O) groups is 2. The molecule has 0 aromatic heterocycles. The van der Waals surface area contributed by atoms with Gasteiger partial charge in [0.05, 0.1) is 11.6 Å². The van der Waals surface area contributed by atoms with Gasteiger partial charge in [0.2, 0.25) is 5.91 Å². The fourth-order valence-electron chi connectivity index (χ4n) is 3.41. The highest BCUT2D eigenvalue weighted by Crippen LogP contribution is 2.34. The normalized spacial score (nSPS) is 18.7. The zero-order valence-electron chi connectivity index (χ0n) is 13.2. The first-order chi connectivity index (χ1) is 11.7. The van der Waals surface area contributed by atoms with Crippen LogP contribution in [0.3, 0.4) is 0 Å². The van der Waals surface area contributed by atoms with E-state index in [4.69, 9.17) is 4.74 Å². The molecule has 0 saturated carbocycles. The van der Waals surface area contributed by atoms with Crippen LogP contribution in [-0.4, -0.2) is 18.4 Å². The van der Waals surface area contributed by atoms with Crippen molar-refractivity contribution in [1.82, 2.24) is 0 Å². The van der Waals surface area contributed by atoms with E-state index in [1.54, 1.807) is 18.2 Å². The Morgan fingerprint density at radius 1 is 1.21 bits per heavy atom. The summed E-state index contributed by atoms with van der Waals surface area (Å²) >= 11 is 0. The molecule has 1 atom stereocenters. The molecule has 0 fully saturated rings. The summed E-state index contributed by atoms with van der Waals surface area (Å²) in [5.41, 5.74) is 3.70. The molecule has 4 rings (SSSR count). The van der Waals surface area contributed by atoms with Crippen molar-refractivity contribution in [2.24, 2.45) is 0 Å². The molecular formula is C19H18N2O3. The molecule has 1 heterocycles. The van der Waals surface area contributed by atoms with Crippen LogP contribution in [0.15, 0.2) is 42.5 Å². The Balaban J connectivity index is 1.54. The lowest BCUT2D eigenvalue weighted by Crippen LogP contribution is -2.26. The van der Waals surface area contributed by atoms with Gasteiger partial charge in [-0.25, -0.2) is 0 Å². The van der Waals surface area contributed by atoms with Crippen LogP contribution in [0.5, 0.6) is 5.75 Å². The van der Waals surface area contributed by atoms with Gasteiger partial charge in [-0.3, -0.25) is 9.59 Å². The lowest BCUT2D eigenvalue weighted by Gasteiger charge is -2.25. The summed E-state index contributed by atoms with van der Waals surface area (Å²) in [4.78, 5) is 24.0. The predicted octanol–water partition coefficient (Wildman–Crippen LogP) is 3.08. The zero-order valence-corrected chi connectivity index (χ0v) is 13.2. The molecule has 1 aliphatic heterocycles. The first-order valence-corrected chi connectivity index (χ1v) is 8.16. The van der Waals surface area contributed by atoms with Gasteiger partial charge < -0.3 is 15.4 Å². The molecule has 2 aromatic carbocycles. The first kappa shape index (κ1) is 14.8. The highest BCUT2D eigenvalue weighted by molar-refractivity contribution is 5.98. The van der Waals surface area contributed by atoms with Crippen LogP contribution >= 0.6 is 0 Å². The third kappa shape index (κ3) is 2.73. The van der Waals surface area contributed by atoms with Crippen LogP contribution in [0, 0.1) is 0 Å². The predicted molar refractivity (Wildman–Crippen MR) is 91.3 cm³/mol. The van der Waals surface area contributed by atoms with E-state index in [9.17, 15) is 9.59 Å². The Morgan fingerprint density at radius 3 is 3.00 bits per heavy atom. The summed E-state index contributed by atoms with van der Waals surface area (Å²) in [5.74, 6) is 0.295. The molecule has 2 aromatic rings. The van der Waals surface area contributed by atoms with Crippen LogP contribution in [0.4, 0.5) is 11.4 Å². The lowest BCUT2D eigenvalue weighted by atomic mass is 9.82. The van der Waals surface area contributed by atoms with Gasteiger partial charge in [-0.1, -0.05) is 24.3 Å². The summed E-state index contributed by atoms with van der Waals surface area (Å²) < 4.78 is 5.40. The smallest absolute Gasteiger partial charge is 0.262 e. The molecule has 0 spiro atoms. The third-order valence-corrected chi connectivity index (χ3v) is 4.57. The molecule has 0 radical (unpaired) electrons. The average molecular weight is 322 g/mol. The van der Waals surface area contributed by atoms with Gasteiger partial charge in [-0.2, -0.15) is 0 Å². The second kappa shape index (κ2) is 6.00. The van der Waals surface area contributed by atoms with E-state index in [0.717, 1.165) is 24.8 Å². The maximum absolute atomic E-state index is 12.7. The lowest BCUT2D eigenvalue weighted by molar-refractivity contribution is -0.119. The Bertz CT molecular complexity index is 816. The molecule has 1 aliphatic carbocycles. The molecule has 0 bridgehead atoms. The minimum Gasteiger partial charge on any atom is -0.482 e. The van der Waals surface area contributed by atoms with Crippen LogP contribution in [0.2, 0.25) is 0 Å². The third-order valence-electron chi connectivity index (χ3n) is 4.57. The number of ether oxygens (including phenoxy) is 1. The van der Waals surface area contributed by atoms with Crippen LogP contribution in [0.1, 0.15) is 29.9 Å². The Kier molecular flexibility index (Phi) is 3.69. The number of amides is 2. The van der Waals surface area contributed by atoms with Crippen molar-refractivity contribution in [3.05, 3.63) is 53.6 Å². The highest BCUT2D eigenvalue weighted by Gasteiger charge is 2.26. The molecule has 2 aliphatic rings. The van der Waals surface area contributed by atoms with Gasteiger partial charge in [0, 0.05) is 11.8 Å². The topological polar surface area (TPSA) is 67.4 Å². The second-order valence-electron chi connectivity index (χ2n) is 6.18. The fourth-order valence-corrected chi connectivity index (χ4v) is 3.41. The van der Waals surface area contributed by atoms with Crippen LogP contribution < -0.4 is 15.4 Å². The van der Waals surface area contributed by atoms with E-state index in [1.807, 2.05) is 18.2 Å². The molecule has 5 heteroatoms. The summed E-state index contributed by atoms with van der Waals surface area (Å²) in [5, 5.41) is 5.72. The minimum absolute atomic E-state index is 0.000397. The van der Waals surface area contributed by atoms with Crippen molar-refractivity contribution in [2.75, 3.05) is 17.2 Å². The number of nitrogens with one attached hydrogen (secondary N) is 2. The van der Waals surface area contributed by atoms with Crippen LogP contribution in [0.25, 0.3) is 0 Å². The van der Waals surface area contributed by atoms with E-state index < -0.39 is 0 Å². The maximum atomic E-state index is 12.7. The highest BCUT2D eigenvalue weighted by atomic mass is 16.5. The van der Waals surface area contributed by atoms with Gasteiger partial charge in [-0.05, 0) is 42.5 Å². The van der Waals surface area contributed by atoms with E-state index in [1.165, 1.54) is 5.56 Å². The van der Waals surface area contributed by atoms with Crippen molar-refractivity contribution in [2.45, 2.75) is 25.2 Å². The number of rotatable bonds is 2. The van der Waals surface area contributed by atoms with Crippen LogP contribution in [-0.2, 0) is 16.0 Å². The zero-order chi connectivity index (χ0) is 16.5. The number of anilines is 2. The van der Waals surface area contributed by atoms with Crippen molar-refractivity contribution < 1.29 is 14.3 Å². The molecule has 5 nitrogen and oxygen atoms in total. The van der Waals surface area contributed by atoms with Gasteiger partial charge in [0.1, 0.15) is 5.75 Å². The molecule has 2 amide bonds. The number of hydrogen-bond donors (Lipinski definition) is 2. The summed E-state index contributed by atoms with van der Waals surface area (Å²) in [6.45, 7) is 0.000397. The number of benzene rings is 2. The van der Waals surface area contributed by atoms with Crippen molar-refractivity contribution in [1.29, 1.82) is 0 Å². The number of aryl methyl sites for hydroxylation is 1. The molecule has 24 heavy (non-hydrogen) atoms. The van der Waals surface area contributed by atoms with Gasteiger partial charge >= 0.3 is 0 Å². The maximum Gasteiger partial charge on any atom is 0.262 e. The van der Waals surface area contributed by atoms with Crippen molar-refractivity contribution in [3.8, 4) is 5.75 Å². The number of carbonyl (C=O) groups excluding carboxylic acids is 2. The molecule has 122 valence electrons. The SMILES string of the molecule is O=C1COc2cc(NC(=O)[C@H]3CCCc4ccccc43)ccc2N1. The molecule has 0 saturated heterocycles. The number of hydrogen-bond acceptors (Lipinski definition) is 3. The Hall–Kier alpha value is -2.82. The molecular weight excluding hydrogens is 304 g/mol. The van der Waals surface area contributed by atoms with Gasteiger partial charge in [0.15, 0.2) is 6.61 Å². The largest absolute Gasteiger partial charge is 0.482 e. The summed E-state index contributed by atoms with van der Waals surface area (Å²) in [7, 11) is 0. The standard InChI is InChI=1S/C19H18N2O3/c22-18-11-24-17-10-13(8-9-16(17)21-18)20-19(23)15-7-3-5-12-4-1-2-6-14(12)15/h1-2,4,6,8-10,15H,3,5,7,11H2,(H,20,23)(H,21,22)/t15-/m0/s1. The monoisotopic (exact) mass is 322 g/mol. The van der Waals surface area contributed by atoms with E-state index >= 15 is 0 Å². The molecule has 2 N–H and O–H groups in total. The second-order valence-corrected chi connectivity index (χ2v) is 6.18. The molecule has 0 unspecified atom stereocenters. The fraction of sp³-hybridized carbons (Fsp3) is 0.263. The Labute approximate surface area is 140 Å². The number of fused-ring (bicyclic) bond motifs is 2. The minimum atomic E-state index is -0.168.